The minimum absolute atomic E-state index is 0.0641. The van der Waals surface area contributed by atoms with Gasteiger partial charge in [0.25, 0.3) is 5.91 Å². The van der Waals surface area contributed by atoms with Crippen molar-refractivity contribution >= 4 is 27.5 Å². The standard InChI is InChI=1S/C19H21ClN2O4S/c1-19(2)16(11-4-7-13(8-5-11)27(21,24)25)17(19)22-18(23)14-9-6-12(20)10-15(14)26-3/h4-10,16-17H,1-3H3,(H,22,23)(H2,21,24,25)/t16-,17-/m1/s1. The van der Waals surface area contributed by atoms with Crippen LogP contribution in [0.4, 0.5) is 0 Å². The zero-order valence-corrected chi connectivity index (χ0v) is 16.8. The highest BCUT2D eigenvalue weighted by Gasteiger charge is 2.59. The number of methoxy groups -OCH3 is 1. The number of carbonyl (C=O) groups is 1. The number of ether oxygens (including phenoxy) is 1. The van der Waals surface area contributed by atoms with Crippen molar-refractivity contribution < 1.29 is 17.9 Å². The van der Waals surface area contributed by atoms with E-state index in [4.69, 9.17) is 21.5 Å². The van der Waals surface area contributed by atoms with E-state index in [1.165, 1.54) is 19.2 Å². The number of halogens is 1. The lowest BCUT2D eigenvalue weighted by molar-refractivity contribution is 0.0943. The van der Waals surface area contributed by atoms with E-state index < -0.39 is 10.0 Å². The van der Waals surface area contributed by atoms with Crippen LogP contribution in [0, 0.1) is 5.41 Å². The fourth-order valence-corrected chi connectivity index (χ4v) is 4.14. The molecule has 3 N–H and O–H groups in total. The second-order valence-electron chi connectivity index (χ2n) is 7.21. The van der Waals surface area contributed by atoms with Gasteiger partial charge in [0, 0.05) is 17.0 Å². The van der Waals surface area contributed by atoms with E-state index in [9.17, 15) is 13.2 Å². The van der Waals surface area contributed by atoms with E-state index in [1.807, 2.05) is 0 Å². The first-order valence-corrected chi connectivity index (χ1v) is 10.3. The lowest BCUT2D eigenvalue weighted by Crippen LogP contribution is -2.29. The van der Waals surface area contributed by atoms with Crippen LogP contribution in [0.3, 0.4) is 0 Å². The molecule has 27 heavy (non-hydrogen) atoms. The van der Waals surface area contributed by atoms with Crippen molar-refractivity contribution in [3.05, 3.63) is 58.6 Å². The van der Waals surface area contributed by atoms with E-state index in [2.05, 4.69) is 19.2 Å². The molecule has 0 saturated heterocycles. The van der Waals surface area contributed by atoms with Gasteiger partial charge in [-0.05, 0) is 41.3 Å². The van der Waals surface area contributed by atoms with Crippen molar-refractivity contribution in [1.29, 1.82) is 0 Å². The highest BCUT2D eigenvalue weighted by molar-refractivity contribution is 7.89. The molecule has 0 aliphatic heterocycles. The van der Waals surface area contributed by atoms with Crippen LogP contribution >= 0.6 is 11.6 Å². The molecule has 0 radical (unpaired) electrons. The van der Waals surface area contributed by atoms with Gasteiger partial charge in [0.15, 0.2) is 0 Å². The van der Waals surface area contributed by atoms with Gasteiger partial charge >= 0.3 is 0 Å². The third-order valence-electron chi connectivity index (χ3n) is 5.09. The van der Waals surface area contributed by atoms with Crippen molar-refractivity contribution in [2.75, 3.05) is 7.11 Å². The first kappa shape index (κ1) is 19.7. The van der Waals surface area contributed by atoms with Crippen molar-refractivity contribution in [1.82, 2.24) is 5.32 Å². The van der Waals surface area contributed by atoms with Crippen LogP contribution < -0.4 is 15.2 Å². The summed E-state index contributed by atoms with van der Waals surface area (Å²) in [6.07, 6.45) is 0. The van der Waals surface area contributed by atoms with Crippen molar-refractivity contribution in [3.63, 3.8) is 0 Å². The Bertz CT molecular complexity index is 987. The van der Waals surface area contributed by atoms with Crippen LogP contribution in [0.1, 0.15) is 35.7 Å². The van der Waals surface area contributed by atoms with Gasteiger partial charge in [0.1, 0.15) is 5.75 Å². The molecular formula is C19H21ClN2O4S. The zero-order chi connectivity index (χ0) is 20.0. The largest absolute Gasteiger partial charge is 0.496 e. The average Bonchev–Trinajstić information content (AvgIpc) is 3.14. The molecule has 144 valence electrons. The molecule has 2 aromatic rings. The van der Waals surface area contributed by atoms with Crippen LogP contribution in [-0.2, 0) is 10.0 Å². The van der Waals surface area contributed by atoms with Crippen LogP contribution in [-0.4, -0.2) is 27.5 Å². The first-order chi connectivity index (χ1) is 12.6. The summed E-state index contributed by atoms with van der Waals surface area (Å²) in [6, 6.07) is 11.2. The molecule has 8 heteroatoms. The van der Waals surface area contributed by atoms with E-state index in [1.54, 1.807) is 30.3 Å². The third kappa shape index (κ3) is 3.81. The Morgan fingerprint density at radius 1 is 1.19 bits per heavy atom. The maximum atomic E-state index is 12.7. The summed E-state index contributed by atoms with van der Waals surface area (Å²) in [7, 11) is -2.24. The number of hydrogen-bond donors (Lipinski definition) is 2. The van der Waals surface area contributed by atoms with Crippen molar-refractivity contribution in [2.45, 2.75) is 30.7 Å². The van der Waals surface area contributed by atoms with Gasteiger partial charge in [-0.2, -0.15) is 0 Å². The van der Waals surface area contributed by atoms with Gasteiger partial charge < -0.3 is 10.1 Å². The lowest BCUT2D eigenvalue weighted by atomic mass is 10.0. The molecule has 3 rings (SSSR count). The van der Waals surface area contributed by atoms with Crippen LogP contribution in [0.2, 0.25) is 5.02 Å². The normalized spacial score (nSPS) is 20.8. The van der Waals surface area contributed by atoms with Gasteiger partial charge in [-0.15, -0.1) is 0 Å². The van der Waals surface area contributed by atoms with Crippen LogP contribution in [0.25, 0.3) is 0 Å². The van der Waals surface area contributed by atoms with Gasteiger partial charge in [-0.3, -0.25) is 4.79 Å². The van der Waals surface area contributed by atoms with Gasteiger partial charge in [0.05, 0.1) is 17.6 Å². The lowest BCUT2D eigenvalue weighted by Gasteiger charge is -2.10. The fraction of sp³-hybridized carbons (Fsp3) is 0.316. The molecule has 0 heterocycles. The fourth-order valence-electron chi connectivity index (χ4n) is 3.47. The number of sulfonamides is 1. The third-order valence-corrected chi connectivity index (χ3v) is 6.25. The summed E-state index contributed by atoms with van der Waals surface area (Å²) < 4.78 is 28.1. The van der Waals surface area contributed by atoms with Crippen LogP contribution in [0.15, 0.2) is 47.4 Å². The molecular weight excluding hydrogens is 388 g/mol. The summed E-state index contributed by atoms with van der Waals surface area (Å²) in [4.78, 5) is 12.8. The quantitative estimate of drug-likeness (QED) is 0.794. The second-order valence-corrected chi connectivity index (χ2v) is 9.21. The smallest absolute Gasteiger partial charge is 0.255 e. The monoisotopic (exact) mass is 408 g/mol. The maximum absolute atomic E-state index is 12.7. The van der Waals surface area contributed by atoms with E-state index in [-0.39, 0.29) is 28.2 Å². The molecule has 1 aliphatic rings. The molecule has 6 nitrogen and oxygen atoms in total. The zero-order valence-electron chi connectivity index (χ0n) is 15.2. The van der Waals surface area contributed by atoms with Crippen molar-refractivity contribution in [3.8, 4) is 5.75 Å². The number of amides is 1. The predicted octanol–water partition coefficient (Wildman–Crippen LogP) is 2.92. The number of nitrogens with one attached hydrogen (secondary N) is 1. The molecule has 0 aromatic heterocycles. The van der Waals surface area contributed by atoms with Crippen molar-refractivity contribution in [2.24, 2.45) is 10.6 Å². The molecule has 1 amide bonds. The Hall–Kier alpha value is -2.09. The number of benzene rings is 2. The number of rotatable bonds is 5. The van der Waals surface area contributed by atoms with Crippen LogP contribution in [0.5, 0.6) is 5.75 Å². The Balaban J connectivity index is 1.79. The Morgan fingerprint density at radius 2 is 1.81 bits per heavy atom. The summed E-state index contributed by atoms with van der Waals surface area (Å²) in [5.41, 5.74) is 1.19. The average molecular weight is 409 g/mol. The number of nitrogens with two attached hydrogens (primary N) is 1. The molecule has 0 bridgehead atoms. The minimum atomic E-state index is -3.73. The first-order valence-electron chi connectivity index (χ1n) is 8.33. The van der Waals surface area contributed by atoms with E-state index in [0.29, 0.717) is 16.3 Å². The summed E-state index contributed by atoms with van der Waals surface area (Å²) in [5, 5.41) is 8.67. The molecule has 0 unspecified atom stereocenters. The SMILES string of the molecule is COc1cc(Cl)ccc1C(=O)N[C@@H]1[C@@H](c2ccc(S(N)(=O)=O)cc2)C1(C)C. The minimum Gasteiger partial charge on any atom is -0.496 e. The summed E-state index contributed by atoms with van der Waals surface area (Å²) in [6.45, 7) is 4.10. The van der Waals surface area contributed by atoms with E-state index >= 15 is 0 Å². The molecule has 1 aliphatic carbocycles. The van der Waals surface area contributed by atoms with E-state index in [0.717, 1.165) is 5.56 Å². The molecule has 0 spiro atoms. The summed E-state index contributed by atoms with van der Waals surface area (Å²) in [5.74, 6) is 0.229. The molecule has 2 aromatic carbocycles. The highest BCUT2D eigenvalue weighted by Crippen LogP contribution is 2.58. The number of hydrogen-bond acceptors (Lipinski definition) is 4. The topological polar surface area (TPSA) is 98.5 Å². The highest BCUT2D eigenvalue weighted by atomic mass is 35.5. The molecule has 2 atom stereocenters. The number of carbonyl (C=O) groups excluding carboxylic acids is 1. The van der Waals surface area contributed by atoms with Gasteiger partial charge in [-0.1, -0.05) is 37.6 Å². The Labute approximate surface area is 163 Å². The summed E-state index contributed by atoms with van der Waals surface area (Å²) >= 11 is 5.95. The maximum Gasteiger partial charge on any atom is 0.255 e. The predicted molar refractivity (Wildman–Crippen MR) is 104 cm³/mol. The van der Waals surface area contributed by atoms with Gasteiger partial charge in [-0.25, -0.2) is 13.6 Å². The Morgan fingerprint density at radius 3 is 2.37 bits per heavy atom. The molecule has 1 fully saturated rings. The second kappa shape index (κ2) is 6.82. The number of primary sulfonamides is 1. The molecule has 1 saturated carbocycles. The van der Waals surface area contributed by atoms with Gasteiger partial charge in [0.2, 0.25) is 10.0 Å². The Kier molecular flexibility index (Phi) is 4.96.